The van der Waals surface area contributed by atoms with E-state index in [2.05, 4.69) is 35.1 Å². The number of nitrogens with one attached hydrogen (secondary N) is 4. The molecule has 1 unspecified atom stereocenters. The molecule has 8 rings (SSSR count). The fourth-order valence-corrected chi connectivity index (χ4v) is 9.35. The van der Waals surface area contributed by atoms with Crippen molar-refractivity contribution >= 4 is 40.3 Å². The Morgan fingerprint density at radius 1 is 1.10 bits per heavy atom. The number of carbonyl (C=O) groups excluding carboxylic acids is 1. The second-order valence-corrected chi connectivity index (χ2v) is 16.1. The second kappa shape index (κ2) is 15.0. The highest BCUT2D eigenvalue weighted by molar-refractivity contribution is 7.98. The molecule has 4 fully saturated rings. The number of H-pyrrole nitrogens is 1. The third-order valence-electron chi connectivity index (χ3n) is 11.9. The number of pyridine rings is 1. The van der Waals surface area contributed by atoms with Crippen LogP contribution in [-0.4, -0.2) is 86.6 Å². The van der Waals surface area contributed by atoms with E-state index in [-0.39, 0.29) is 17.7 Å². The minimum atomic E-state index is -0.827. The summed E-state index contributed by atoms with van der Waals surface area (Å²) in [6.07, 6.45) is 18.0. The zero-order chi connectivity index (χ0) is 35.7. The van der Waals surface area contributed by atoms with Crippen molar-refractivity contribution in [3.63, 3.8) is 0 Å². The summed E-state index contributed by atoms with van der Waals surface area (Å²) in [6.45, 7) is 5.05. The van der Waals surface area contributed by atoms with Gasteiger partial charge in [0.2, 0.25) is 0 Å². The van der Waals surface area contributed by atoms with Gasteiger partial charge in [-0.15, -0.1) is 0 Å². The van der Waals surface area contributed by atoms with Crippen molar-refractivity contribution in [3.05, 3.63) is 76.6 Å². The van der Waals surface area contributed by atoms with Gasteiger partial charge in [-0.1, -0.05) is 0 Å². The number of likely N-dealkylation sites (tertiary alicyclic amines) is 2. The molecule has 1 aromatic carbocycles. The topological polar surface area (TPSA) is 161 Å². The first-order chi connectivity index (χ1) is 25.3. The number of nitrogens with zero attached hydrogens (tertiary/aromatic N) is 4. The summed E-state index contributed by atoms with van der Waals surface area (Å²) in [6, 6.07) is 8.69. The molecule has 276 valence electrons. The standard InChI is InChI=1S/C38H48N8O5S/c47-29-5-3-25(4-6-29)22-40-32-8-7-31(19-33(32)46(49)50)52-43-37(48)35-34(51-30-17-26-9-12-39-36(26)42-24-30)18-27(23-41-35)45-15-10-38(11-16-45)20-28(21-38)44-13-1-2-14-44/h7-9,12,17-19,23-25,28-29,35,40-41,47H,1-6,10-11,13-16,20-22H2,(H,39,42)(H,43,48). The first-order valence-electron chi connectivity index (χ1n) is 18.8. The monoisotopic (exact) mass is 728 g/mol. The van der Waals surface area contributed by atoms with Crippen LogP contribution in [0.1, 0.15) is 64.2 Å². The van der Waals surface area contributed by atoms with Crippen LogP contribution in [0.2, 0.25) is 0 Å². The lowest BCUT2D eigenvalue weighted by molar-refractivity contribution is -0.384. The van der Waals surface area contributed by atoms with Crippen LogP contribution in [0.3, 0.4) is 0 Å². The Bertz CT molecular complexity index is 1830. The van der Waals surface area contributed by atoms with Crippen molar-refractivity contribution in [2.24, 2.45) is 11.3 Å². The number of aliphatic hydroxyl groups excluding tert-OH is 1. The Labute approximate surface area is 307 Å². The molecular formula is C38H48N8O5S. The van der Waals surface area contributed by atoms with E-state index < -0.39 is 11.0 Å². The molecule has 1 atom stereocenters. The molecule has 3 aliphatic heterocycles. The Hall–Kier alpha value is -4.27. The first kappa shape index (κ1) is 34.8. The average molecular weight is 729 g/mol. The van der Waals surface area contributed by atoms with Gasteiger partial charge in [0.05, 0.1) is 22.9 Å². The predicted molar refractivity (Wildman–Crippen MR) is 200 cm³/mol. The molecule has 0 bridgehead atoms. The number of fused-ring (bicyclic) bond motifs is 1. The van der Waals surface area contributed by atoms with Gasteiger partial charge in [-0.2, -0.15) is 0 Å². The van der Waals surface area contributed by atoms with Crippen molar-refractivity contribution in [1.82, 2.24) is 29.8 Å². The minimum Gasteiger partial charge on any atom is -0.457 e. The summed E-state index contributed by atoms with van der Waals surface area (Å²) < 4.78 is 9.29. The number of nitro groups is 1. The van der Waals surface area contributed by atoms with Crippen molar-refractivity contribution in [1.29, 1.82) is 0 Å². The number of hydrogen-bond acceptors (Lipinski definition) is 11. The Kier molecular flexibility index (Phi) is 10.0. The van der Waals surface area contributed by atoms with E-state index in [1.165, 1.54) is 57.7 Å². The van der Waals surface area contributed by atoms with Crippen LogP contribution < -0.4 is 20.1 Å². The van der Waals surface area contributed by atoms with Crippen LogP contribution in [-0.2, 0) is 4.79 Å². The van der Waals surface area contributed by atoms with Crippen LogP contribution in [0, 0.1) is 21.4 Å². The molecule has 5 N–H and O–H groups in total. The van der Waals surface area contributed by atoms with Crippen LogP contribution in [0.15, 0.2) is 71.4 Å². The highest BCUT2D eigenvalue weighted by atomic mass is 32.2. The van der Waals surface area contributed by atoms with Gasteiger partial charge in [0, 0.05) is 60.5 Å². The van der Waals surface area contributed by atoms with E-state index >= 15 is 0 Å². The number of piperidine rings is 1. The van der Waals surface area contributed by atoms with Gasteiger partial charge in [-0.3, -0.25) is 19.6 Å². The number of rotatable bonds is 11. The molecule has 5 heterocycles. The number of carbonyl (C=O) groups is 1. The fourth-order valence-electron chi connectivity index (χ4n) is 8.71. The van der Waals surface area contributed by atoms with E-state index in [9.17, 15) is 20.0 Å². The Morgan fingerprint density at radius 3 is 2.65 bits per heavy atom. The third kappa shape index (κ3) is 7.60. The lowest BCUT2D eigenvalue weighted by atomic mass is 9.60. The van der Waals surface area contributed by atoms with E-state index in [1.54, 1.807) is 18.3 Å². The van der Waals surface area contributed by atoms with Crippen molar-refractivity contribution in [3.8, 4) is 5.75 Å². The summed E-state index contributed by atoms with van der Waals surface area (Å²) in [5.74, 6) is 0.994. The largest absolute Gasteiger partial charge is 0.457 e. The summed E-state index contributed by atoms with van der Waals surface area (Å²) in [7, 11) is 0. The summed E-state index contributed by atoms with van der Waals surface area (Å²) in [5, 5.41) is 29.2. The molecule has 1 amide bonds. The fraction of sp³-hybridized carbons (Fsp3) is 0.526. The number of nitro benzene ring substituents is 1. The quantitative estimate of drug-likeness (QED) is 0.0940. The molecule has 1 spiro atoms. The lowest BCUT2D eigenvalue weighted by Gasteiger charge is -2.55. The van der Waals surface area contributed by atoms with E-state index in [0.29, 0.717) is 40.0 Å². The smallest absolute Gasteiger partial charge is 0.293 e. The number of aromatic amines is 1. The third-order valence-corrected chi connectivity index (χ3v) is 12.7. The normalized spacial score (nSPS) is 24.9. The molecule has 2 saturated carbocycles. The molecule has 13 nitrogen and oxygen atoms in total. The molecule has 2 saturated heterocycles. The van der Waals surface area contributed by atoms with Gasteiger partial charge < -0.3 is 35.3 Å². The molecule has 2 aromatic heterocycles. The number of dihydropyridines is 1. The molecule has 14 heteroatoms. The van der Waals surface area contributed by atoms with Crippen LogP contribution in [0.5, 0.6) is 5.75 Å². The summed E-state index contributed by atoms with van der Waals surface area (Å²) in [4.78, 5) is 38.5. The molecule has 3 aromatic rings. The van der Waals surface area contributed by atoms with Crippen LogP contribution in [0.25, 0.3) is 11.0 Å². The van der Waals surface area contributed by atoms with Crippen molar-refractivity contribution < 1.29 is 19.6 Å². The number of aliphatic hydroxyl groups is 1. The average Bonchev–Trinajstić information content (AvgIpc) is 3.86. The number of benzene rings is 1. The second-order valence-electron chi connectivity index (χ2n) is 15.3. The zero-order valence-corrected chi connectivity index (χ0v) is 30.2. The molecule has 0 radical (unpaired) electrons. The molecule has 2 aliphatic carbocycles. The molecular weight excluding hydrogens is 681 g/mol. The zero-order valence-electron chi connectivity index (χ0n) is 29.4. The van der Waals surface area contributed by atoms with Gasteiger partial charge >= 0.3 is 0 Å². The summed E-state index contributed by atoms with van der Waals surface area (Å²) in [5.41, 5.74) is 2.58. The number of anilines is 1. The van der Waals surface area contributed by atoms with Gasteiger partial charge in [0.1, 0.15) is 22.8 Å². The Balaban J connectivity index is 0.924. The van der Waals surface area contributed by atoms with E-state index in [4.69, 9.17) is 4.74 Å². The molecule has 52 heavy (non-hydrogen) atoms. The number of amides is 1. The highest BCUT2D eigenvalue weighted by Gasteiger charge is 2.48. The van der Waals surface area contributed by atoms with Gasteiger partial charge in [-0.05, 0) is 125 Å². The number of ether oxygens (including phenoxy) is 1. The SMILES string of the molecule is O=C(NSc1ccc(NCC2CCC(O)CC2)c([N+](=O)[O-])c1)C1NC=C(N2CCC3(CC2)CC(N2CCCC2)C3)C=C1Oc1cnc2[nH]ccc2c1. The maximum Gasteiger partial charge on any atom is 0.293 e. The first-order valence-corrected chi connectivity index (χ1v) is 19.6. The van der Waals surface area contributed by atoms with Crippen LogP contribution >= 0.6 is 11.9 Å². The van der Waals surface area contributed by atoms with Crippen LogP contribution in [0.4, 0.5) is 11.4 Å². The van der Waals surface area contributed by atoms with Gasteiger partial charge in [0.15, 0.2) is 6.04 Å². The van der Waals surface area contributed by atoms with Gasteiger partial charge in [-0.25, -0.2) is 4.98 Å². The van der Waals surface area contributed by atoms with E-state index in [0.717, 1.165) is 73.5 Å². The highest BCUT2D eigenvalue weighted by Crippen LogP contribution is 2.52. The van der Waals surface area contributed by atoms with Crippen molar-refractivity contribution in [2.45, 2.75) is 87.3 Å². The lowest BCUT2D eigenvalue weighted by Crippen LogP contribution is -2.54. The maximum atomic E-state index is 13.7. The Morgan fingerprint density at radius 2 is 1.88 bits per heavy atom. The maximum absolute atomic E-state index is 13.7. The summed E-state index contributed by atoms with van der Waals surface area (Å²) >= 11 is 1.03. The van der Waals surface area contributed by atoms with E-state index in [1.807, 2.05) is 30.6 Å². The minimum absolute atomic E-state index is 0.0493. The number of aromatic nitrogens is 2. The number of hydrogen-bond donors (Lipinski definition) is 5. The van der Waals surface area contributed by atoms with Gasteiger partial charge in [0.25, 0.3) is 11.6 Å². The van der Waals surface area contributed by atoms with Crippen molar-refractivity contribution in [2.75, 3.05) is 38.0 Å². The predicted octanol–water partition coefficient (Wildman–Crippen LogP) is 5.67. The number of allylic oxidation sites excluding steroid dienone is 1. The molecule has 5 aliphatic rings.